The molecule has 0 bridgehead atoms. The zero-order chi connectivity index (χ0) is 14.5. The van der Waals surface area contributed by atoms with Crippen LogP contribution in [0.1, 0.15) is 19.8 Å². The van der Waals surface area contributed by atoms with Crippen molar-refractivity contribution >= 4 is 29.1 Å². The highest BCUT2D eigenvalue weighted by Gasteiger charge is 1.98. The summed E-state index contributed by atoms with van der Waals surface area (Å²) in [6.07, 6.45) is 3.93. The van der Waals surface area contributed by atoms with E-state index in [1.54, 1.807) is 30.1 Å². The van der Waals surface area contributed by atoms with Crippen LogP contribution in [0.15, 0.2) is 20.9 Å². The Labute approximate surface area is 129 Å². The zero-order valence-corrected chi connectivity index (χ0v) is 13.9. The molecule has 0 atom stereocenters. The second-order valence-corrected chi connectivity index (χ2v) is 6.21. The van der Waals surface area contributed by atoms with E-state index in [0.717, 1.165) is 55.2 Å². The highest BCUT2D eigenvalue weighted by molar-refractivity contribution is 8.00. The highest BCUT2D eigenvalue weighted by atomic mass is 32.2. The minimum atomic E-state index is 0.781. The lowest BCUT2D eigenvalue weighted by Gasteiger charge is -2.11. The maximum atomic E-state index is 5.29. The average Bonchev–Trinajstić information content (AvgIpc) is 2.97. The van der Waals surface area contributed by atoms with Gasteiger partial charge in [-0.1, -0.05) is 11.8 Å². The molecule has 1 aromatic rings. The van der Waals surface area contributed by atoms with Crippen molar-refractivity contribution in [1.82, 2.24) is 15.6 Å². The number of guanidine groups is 1. The molecule has 0 fully saturated rings. The van der Waals surface area contributed by atoms with E-state index in [1.807, 2.05) is 18.5 Å². The van der Waals surface area contributed by atoms with Crippen molar-refractivity contribution in [3.63, 3.8) is 0 Å². The Hall–Kier alpha value is -0.790. The molecule has 0 saturated carbocycles. The number of aromatic nitrogens is 1. The molecule has 0 aliphatic heterocycles. The normalized spacial score (nSPS) is 11.6. The van der Waals surface area contributed by atoms with Crippen molar-refractivity contribution in [2.75, 3.05) is 39.1 Å². The van der Waals surface area contributed by atoms with Crippen LogP contribution in [0.5, 0.6) is 0 Å². The van der Waals surface area contributed by atoms with E-state index in [4.69, 9.17) is 4.74 Å². The first-order chi connectivity index (χ1) is 9.86. The highest BCUT2D eigenvalue weighted by Crippen LogP contribution is 2.20. The lowest BCUT2D eigenvalue weighted by Crippen LogP contribution is -2.38. The number of thioether (sulfide) groups is 1. The summed E-state index contributed by atoms with van der Waals surface area (Å²) in [6.45, 7) is 5.39. The Morgan fingerprint density at radius 2 is 2.20 bits per heavy atom. The number of nitrogens with zero attached hydrogens (tertiary/aromatic N) is 2. The second-order valence-electron chi connectivity index (χ2n) is 3.98. The quantitative estimate of drug-likeness (QED) is 0.300. The SMILES string of the molecule is CCOCCCNC(=NC)NCCCSc1nccs1. The van der Waals surface area contributed by atoms with E-state index in [1.165, 1.54) is 0 Å². The lowest BCUT2D eigenvalue weighted by atomic mass is 10.4. The van der Waals surface area contributed by atoms with Crippen LogP contribution in [0.25, 0.3) is 0 Å². The van der Waals surface area contributed by atoms with Crippen molar-refractivity contribution in [2.24, 2.45) is 4.99 Å². The van der Waals surface area contributed by atoms with Gasteiger partial charge < -0.3 is 15.4 Å². The minimum absolute atomic E-state index is 0.781. The fourth-order valence-electron chi connectivity index (χ4n) is 1.47. The molecular weight excluding hydrogens is 292 g/mol. The van der Waals surface area contributed by atoms with Gasteiger partial charge in [-0.25, -0.2) is 4.98 Å². The maximum absolute atomic E-state index is 5.29. The first-order valence-electron chi connectivity index (χ1n) is 6.91. The van der Waals surface area contributed by atoms with Crippen molar-refractivity contribution < 1.29 is 4.74 Å². The number of hydrogen-bond donors (Lipinski definition) is 2. The number of nitrogens with one attached hydrogen (secondary N) is 2. The van der Waals surface area contributed by atoms with Crippen LogP contribution >= 0.6 is 23.1 Å². The molecule has 1 rings (SSSR count). The summed E-state index contributed by atoms with van der Waals surface area (Å²) in [4.78, 5) is 8.43. The number of thiazole rings is 1. The molecular formula is C13H24N4OS2. The Kier molecular flexibility index (Phi) is 10.3. The number of ether oxygens (including phenoxy) is 1. The van der Waals surface area contributed by atoms with E-state index in [-0.39, 0.29) is 0 Å². The molecule has 0 amide bonds. The number of rotatable bonds is 10. The Morgan fingerprint density at radius 3 is 2.85 bits per heavy atom. The fraction of sp³-hybridized carbons (Fsp3) is 0.692. The van der Waals surface area contributed by atoms with Gasteiger partial charge in [0.25, 0.3) is 0 Å². The van der Waals surface area contributed by atoms with E-state index in [0.29, 0.717) is 0 Å². The van der Waals surface area contributed by atoms with Gasteiger partial charge in [-0.05, 0) is 19.8 Å². The van der Waals surface area contributed by atoms with Gasteiger partial charge in [0.2, 0.25) is 0 Å². The topological polar surface area (TPSA) is 58.5 Å². The largest absolute Gasteiger partial charge is 0.382 e. The molecule has 1 aromatic heterocycles. The molecule has 0 aromatic carbocycles. The Morgan fingerprint density at radius 1 is 1.40 bits per heavy atom. The maximum Gasteiger partial charge on any atom is 0.190 e. The van der Waals surface area contributed by atoms with Gasteiger partial charge in [0.05, 0.1) is 0 Å². The minimum Gasteiger partial charge on any atom is -0.382 e. The summed E-state index contributed by atoms with van der Waals surface area (Å²) in [7, 11) is 1.79. The fourth-order valence-corrected chi connectivity index (χ4v) is 3.11. The molecule has 1 heterocycles. The smallest absolute Gasteiger partial charge is 0.190 e. The number of aliphatic imine (C=N–C) groups is 1. The van der Waals surface area contributed by atoms with Gasteiger partial charge in [-0.3, -0.25) is 4.99 Å². The van der Waals surface area contributed by atoms with E-state index in [2.05, 4.69) is 20.6 Å². The molecule has 0 aliphatic carbocycles. The van der Waals surface area contributed by atoms with Gasteiger partial charge in [-0.2, -0.15) is 0 Å². The second kappa shape index (κ2) is 12.0. The van der Waals surface area contributed by atoms with Gasteiger partial charge >= 0.3 is 0 Å². The molecule has 0 saturated heterocycles. The van der Waals surface area contributed by atoms with E-state index in [9.17, 15) is 0 Å². The van der Waals surface area contributed by atoms with Gasteiger partial charge in [0.15, 0.2) is 5.96 Å². The summed E-state index contributed by atoms with van der Waals surface area (Å²) in [5, 5.41) is 8.59. The summed E-state index contributed by atoms with van der Waals surface area (Å²) >= 11 is 3.50. The van der Waals surface area contributed by atoms with E-state index < -0.39 is 0 Å². The van der Waals surface area contributed by atoms with Crippen LogP contribution in [-0.4, -0.2) is 50.0 Å². The van der Waals surface area contributed by atoms with Gasteiger partial charge in [0, 0.05) is 50.7 Å². The van der Waals surface area contributed by atoms with Crippen molar-refractivity contribution in [1.29, 1.82) is 0 Å². The van der Waals surface area contributed by atoms with Crippen molar-refractivity contribution in [3.8, 4) is 0 Å². The molecule has 7 heteroatoms. The molecule has 114 valence electrons. The monoisotopic (exact) mass is 316 g/mol. The lowest BCUT2D eigenvalue weighted by molar-refractivity contribution is 0.145. The van der Waals surface area contributed by atoms with Gasteiger partial charge in [-0.15, -0.1) is 11.3 Å². The van der Waals surface area contributed by atoms with Crippen LogP contribution in [0, 0.1) is 0 Å². The van der Waals surface area contributed by atoms with Gasteiger partial charge in [0.1, 0.15) is 4.34 Å². The molecule has 0 spiro atoms. The zero-order valence-electron chi connectivity index (χ0n) is 12.2. The first kappa shape index (κ1) is 17.3. The molecule has 20 heavy (non-hydrogen) atoms. The van der Waals surface area contributed by atoms with Crippen LogP contribution in [0.3, 0.4) is 0 Å². The molecule has 0 radical (unpaired) electrons. The number of hydrogen-bond acceptors (Lipinski definition) is 5. The third-order valence-electron chi connectivity index (χ3n) is 2.43. The standard InChI is InChI=1S/C13H24N4OS2/c1-3-18-9-4-6-15-12(14-2)16-7-5-10-19-13-17-8-11-20-13/h8,11H,3-7,9-10H2,1-2H3,(H2,14,15,16). The molecule has 5 nitrogen and oxygen atoms in total. The van der Waals surface area contributed by atoms with Crippen LogP contribution in [0.2, 0.25) is 0 Å². The Bertz CT molecular complexity index is 357. The predicted molar refractivity (Wildman–Crippen MR) is 87.9 cm³/mol. The van der Waals surface area contributed by atoms with Crippen LogP contribution in [0.4, 0.5) is 0 Å². The predicted octanol–water partition coefficient (Wildman–Crippen LogP) is 2.22. The van der Waals surface area contributed by atoms with E-state index >= 15 is 0 Å². The van der Waals surface area contributed by atoms with Crippen LogP contribution in [-0.2, 0) is 4.74 Å². The molecule has 0 unspecified atom stereocenters. The molecule has 2 N–H and O–H groups in total. The first-order valence-corrected chi connectivity index (χ1v) is 8.78. The summed E-state index contributed by atoms with van der Waals surface area (Å²) in [6, 6.07) is 0. The molecule has 0 aliphatic rings. The Balaban J connectivity index is 1.98. The van der Waals surface area contributed by atoms with Crippen molar-refractivity contribution in [3.05, 3.63) is 11.6 Å². The van der Waals surface area contributed by atoms with Crippen LogP contribution < -0.4 is 10.6 Å². The summed E-state index contributed by atoms with van der Waals surface area (Å²) in [5.41, 5.74) is 0. The van der Waals surface area contributed by atoms with Crippen molar-refractivity contribution in [2.45, 2.75) is 24.1 Å². The summed E-state index contributed by atoms with van der Waals surface area (Å²) < 4.78 is 6.43. The summed E-state index contributed by atoms with van der Waals surface area (Å²) in [5.74, 6) is 1.93. The third-order valence-corrected chi connectivity index (χ3v) is 4.49. The third kappa shape index (κ3) is 8.39. The average molecular weight is 316 g/mol.